The van der Waals surface area contributed by atoms with Crippen LogP contribution in [0.4, 0.5) is 0 Å². The zero-order chi connectivity index (χ0) is 13.1. The van der Waals surface area contributed by atoms with E-state index in [1.165, 1.54) is 27.3 Å². The first-order chi connectivity index (χ1) is 9.36. The van der Waals surface area contributed by atoms with E-state index in [0.717, 1.165) is 10.8 Å². The quantitative estimate of drug-likeness (QED) is 0.577. The molecule has 1 aliphatic heterocycles. The van der Waals surface area contributed by atoms with Crippen LogP contribution in [-0.2, 0) is 4.42 Å². The predicted octanol–water partition coefficient (Wildman–Crippen LogP) is 3.90. The molecule has 1 aromatic rings. The van der Waals surface area contributed by atoms with Gasteiger partial charge in [0.2, 0.25) is 0 Å². The van der Waals surface area contributed by atoms with Crippen LogP contribution < -0.4 is 0 Å². The number of rotatable bonds is 1. The number of allylic oxidation sites excluding steroid dienone is 5. The van der Waals surface area contributed by atoms with E-state index >= 15 is 0 Å². The van der Waals surface area contributed by atoms with Crippen LogP contribution in [0.5, 0.6) is 0 Å². The molecule has 3 rings (SSSR count). The maximum absolute atomic E-state index is 5.17. The van der Waals surface area contributed by atoms with Crippen LogP contribution >= 0.6 is 23.7 Å². The molecule has 0 radical (unpaired) electrons. The third-order valence-electron chi connectivity index (χ3n) is 2.75. The van der Waals surface area contributed by atoms with Gasteiger partial charge in [-0.25, -0.2) is 4.40 Å². The van der Waals surface area contributed by atoms with Crippen molar-refractivity contribution in [2.24, 2.45) is 4.40 Å². The lowest BCUT2D eigenvalue weighted by atomic mass is 10.1. The van der Waals surface area contributed by atoms with Crippen molar-refractivity contribution in [1.82, 2.24) is 0 Å². The molecule has 0 unspecified atom stereocenters. The molecule has 0 fully saturated rings. The van der Waals surface area contributed by atoms with Gasteiger partial charge in [0.1, 0.15) is 5.04 Å². The maximum atomic E-state index is 5.17. The van der Waals surface area contributed by atoms with Crippen molar-refractivity contribution in [3.05, 3.63) is 70.0 Å². The summed E-state index contributed by atoms with van der Waals surface area (Å²) in [4.78, 5) is 0. The molecule has 94 valence electrons. The Morgan fingerprint density at radius 2 is 1.74 bits per heavy atom. The molecule has 1 heterocycles. The van der Waals surface area contributed by atoms with E-state index in [1.807, 2.05) is 30.4 Å². The van der Waals surface area contributed by atoms with Gasteiger partial charge in [0.25, 0.3) is 7.11 Å². The number of hydrogen-bond donors (Lipinski definition) is 0. The second-order valence-electron chi connectivity index (χ2n) is 3.97. The van der Waals surface area contributed by atoms with Crippen molar-refractivity contribution < 1.29 is 4.42 Å². The van der Waals surface area contributed by atoms with Crippen LogP contribution in [0.2, 0.25) is 0 Å². The minimum atomic E-state index is 0.876. The average molecular weight is 286 g/mol. The number of thioether (sulfide) groups is 1. The van der Waals surface area contributed by atoms with Gasteiger partial charge in [0, 0.05) is 29.7 Å². The van der Waals surface area contributed by atoms with E-state index < -0.39 is 0 Å². The van der Waals surface area contributed by atoms with Crippen molar-refractivity contribution in [3.8, 4) is 0 Å². The lowest BCUT2D eigenvalue weighted by molar-refractivity contribution is -0.417. The van der Waals surface area contributed by atoms with E-state index in [2.05, 4.69) is 28.7 Å². The fraction of sp³-hybridized carbons (Fsp3) is 0.0667. The van der Waals surface area contributed by atoms with E-state index in [9.17, 15) is 0 Å². The first-order valence-electron chi connectivity index (χ1n) is 5.86. The summed E-state index contributed by atoms with van der Waals surface area (Å²) in [5.74, 6) is 0.876. The minimum absolute atomic E-state index is 0.876. The van der Waals surface area contributed by atoms with Gasteiger partial charge in [-0.2, -0.15) is 0 Å². The Hall–Kier alpha value is -1.52. The van der Waals surface area contributed by atoms with E-state index in [1.54, 1.807) is 18.9 Å². The lowest BCUT2D eigenvalue weighted by Gasteiger charge is -2.02. The third kappa shape index (κ3) is 2.74. The number of nitrogens with zero attached hydrogens (tertiary/aromatic N) is 1. The summed E-state index contributed by atoms with van der Waals surface area (Å²) in [6.07, 6.45) is 8.09. The second kappa shape index (κ2) is 5.63. The van der Waals surface area contributed by atoms with Gasteiger partial charge in [-0.15, -0.1) is 0 Å². The Balaban J connectivity index is 1.81. The second-order valence-corrected chi connectivity index (χ2v) is 6.00. The van der Waals surface area contributed by atoms with Crippen LogP contribution in [0.25, 0.3) is 0 Å². The molecule has 0 bridgehead atoms. The highest BCUT2D eigenvalue weighted by molar-refractivity contribution is 8.32. The molecule has 0 amide bonds. The summed E-state index contributed by atoms with van der Waals surface area (Å²) in [6.45, 7) is 0. The standard InChI is InChI=1S/C15H12NOS2/c1-17-13-9-7-12(8-10-13)15-18-14(16-19-15)11-5-3-2-4-6-11/h2-10H,1H3/q+1. The minimum Gasteiger partial charge on any atom is -0.258 e. The Labute approximate surface area is 120 Å². The van der Waals surface area contributed by atoms with Gasteiger partial charge in [0.15, 0.2) is 0 Å². The van der Waals surface area contributed by atoms with Gasteiger partial charge in [0.05, 0.1) is 4.24 Å². The summed E-state index contributed by atoms with van der Waals surface area (Å²) in [7, 11) is 1.68. The summed E-state index contributed by atoms with van der Waals surface area (Å²) >= 11 is 3.26. The summed E-state index contributed by atoms with van der Waals surface area (Å²) < 4.78 is 10.9. The van der Waals surface area contributed by atoms with Crippen molar-refractivity contribution in [2.75, 3.05) is 7.11 Å². The Kier molecular flexibility index (Phi) is 3.71. The molecule has 19 heavy (non-hydrogen) atoms. The highest BCUT2D eigenvalue weighted by atomic mass is 32.2. The smallest absolute Gasteiger partial charge is 0.258 e. The number of hydrogen-bond acceptors (Lipinski definition) is 3. The number of benzene rings is 1. The summed E-state index contributed by atoms with van der Waals surface area (Å²) in [6, 6.07) is 10.3. The molecule has 0 aromatic heterocycles. The van der Waals surface area contributed by atoms with Gasteiger partial charge >= 0.3 is 5.78 Å². The summed E-state index contributed by atoms with van der Waals surface area (Å²) in [5.41, 5.74) is 2.36. The van der Waals surface area contributed by atoms with Crippen LogP contribution in [0.3, 0.4) is 0 Å². The fourth-order valence-corrected chi connectivity index (χ4v) is 3.69. The maximum Gasteiger partial charge on any atom is 0.343 e. The number of carbonyl (C=O) groups excluding carboxylic acids is 1. The highest BCUT2D eigenvalue weighted by Gasteiger charge is 2.19. The van der Waals surface area contributed by atoms with Crippen molar-refractivity contribution in [3.63, 3.8) is 0 Å². The van der Waals surface area contributed by atoms with Crippen molar-refractivity contribution >= 4 is 34.5 Å². The third-order valence-corrected chi connectivity index (χ3v) is 4.95. The molecule has 0 atom stereocenters. The average Bonchev–Trinajstić information content (AvgIpc) is 2.98. The van der Waals surface area contributed by atoms with Gasteiger partial charge in [-0.3, -0.25) is 4.42 Å². The fourth-order valence-electron chi connectivity index (χ4n) is 1.74. The molecular formula is C15H12NOS2+. The SMILES string of the molecule is C[O+]=C1C=CC(=C2SN=C(c3ccccc3)S2)C=C1. The van der Waals surface area contributed by atoms with Gasteiger partial charge in [-0.1, -0.05) is 42.1 Å². The predicted molar refractivity (Wildman–Crippen MR) is 84.4 cm³/mol. The molecule has 2 aliphatic rings. The topological polar surface area (TPSA) is 23.7 Å². The molecular weight excluding hydrogens is 274 g/mol. The van der Waals surface area contributed by atoms with Gasteiger partial charge < -0.3 is 0 Å². The molecule has 1 aromatic carbocycles. The molecule has 0 saturated carbocycles. The number of ketones is 1. The molecule has 4 heteroatoms. The zero-order valence-corrected chi connectivity index (χ0v) is 12.0. The molecule has 2 nitrogen and oxygen atoms in total. The van der Waals surface area contributed by atoms with Crippen LogP contribution in [0.15, 0.2) is 68.8 Å². The molecule has 0 spiro atoms. The van der Waals surface area contributed by atoms with Crippen molar-refractivity contribution in [2.45, 2.75) is 0 Å². The first-order valence-corrected chi connectivity index (χ1v) is 7.45. The van der Waals surface area contributed by atoms with E-state index in [0.29, 0.717) is 0 Å². The lowest BCUT2D eigenvalue weighted by Crippen LogP contribution is -1.96. The van der Waals surface area contributed by atoms with Crippen LogP contribution in [0.1, 0.15) is 5.56 Å². The molecule has 1 aliphatic carbocycles. The van der Waals surface area contributed by atoms with E-state index in [4.69, 9.17) is 4.42 Å². The van der Waals surface area contributed by atoms with Gasteiger partial charge in [-0.05, 0) is 17.7 Å². The summed E-state index contributed by atoms with van der Waals surface area (Å²) in [5, 5.41) is 1.07. The zero-order valence-electron chi connectivity index (χ0n) is 10.4. The Bertz CT molecular complexity index is 621. The largest absolute Gasteiger partial charge is 0.343 e. The van der Waals surface area contributed by atoms with Crippen LogP contribution in [-0.4, -0.2) is 17.9 Å². The monoisotopic (exact) mass is 286 g/mol. The first kappa shape index (κ1) is 12.5. The van der Waals surface area contributed by atoms with Crippen molar-refractivity contribution in [1.29, 1.82) is 0 Å². The highest BCUT2D eigenvalue weighted by Crippen LogP contribution is 2.43. The van der Waals surface area contributed by atoms with E-state index in [-0.39, 0.29) is 0 Å². The molecule has 0 N–H and O–H groups in total. The molecule has 0 saturated heterocycles. The Morgan fingerprint density at radius 1 is 1.00 bits per heavy atom. The Morgan fingerprint density at radius 3 is 2.42 bits per heavy atom. The normalized spacial score (nSPS) is 17.9. The van der Waals surface area contributed by atoms with Crippen LogP contribution in [0, 0.1) is 0 Å².